The summed E-state index contributed by atoms with van der Waals surface area (Å²) in [5.41, 5.74) is 2.70. The summed E-state index contributed by atoms with van der Waals surface area (Å²) in [7, 11) is 0. The highest BCUT2D eigenvalue weighted by Gasteiger charge is 2.22. The SMILES string of the molecule is CC(C)N1CCC2=C(CN=N2)C1. The Bertz CT molecular complexity index is 240. The number of nitrogens with zero attached hydrogens (tertiary/aromatic N) is 3. The van der Waals surface area contributed by atoms with Gasteiger partial charge in [-0.2, -0.15) is 10.2 Å². The summed E-state index contributed by atoms with van der Waals surface area (Å²) >= 11 is 0. The lowest BCUT2D eigenvalue weighted by molar-refractivity contribution is 0.232. The molecule has 0 unspecified atom stereocenters. The van der Waals surface area contributed by atoms with Crippen molar-refractivity contribution in [1.29, 1.82) is 0 Å². The van der Waals surface area contributed by atoms with Crippen LogP contribution in [0.15, 0.2) is 21.5 Å². The maximum atomic E-state index is 4.13. The second-order valence-corrected chi connectivity index (χ2v) is 3.76. The smallest absolute Gasteiger partial charge is 0.0847 e. The fourth-order valence-corrected chi connectivity index (χ4v) is 1.75. The van der Waals surface area contributed by atoms with Crippen molar-refractivity contribution in [2.75, 3.05) is 19.6 Å². The highest BCUT2D eigenvalue weighted by molar-refractivity contribution is 5.22. The van der Waals surface area contributed by atoms with Gasteiger partial charge in [0, 0.05) is 25.6 Å². The van der Waals surface area contributed by atoms with Gasteiger partial charge < -0.3 is 0 Å². The molecule has 2 rings (SSSR count). The van der Waals surface area contributed by atoms with Crippen LogP contribution in [0.2, 0.25) is 0 Å². The fraction of sp³-hybridized carbons (Fsp3) is 0.778. The lowest BCUT2D eigenvalue weighted by Crippen LogP contribution is -2.36. The predicted molar refractivity (Wildman–Crippen MR) is 48.1 cm³/mol. The van der Waals surface area contributed by atoms with Crippen LogP contribution < -0.4 is 0 Å². The zero-order chi connectivity index (χ0) is 8.55. The Morgan fingerprint density at radius 1 is 1.42 bits per heavy atom. The standard InChI is InChI=1S/C9H15N3/c1-7(2)12-4-3-9-8(6-12)5-10-11-9/h7H,3-6H2,1-2H3. The third-order valence-corrected chi connectivity index (χ3v) is 2.62. The first kappa shape index (κ1) is 7.92. The van der Waals surface area contributed by atoms with Crippen LogP contribution in [-0.2, 0) is 0 Å². The summed E-state index contributed by atoms with van der Waals surface area (Å²) in [6.45, 7) is 7.57. The first-order valence-corrected chi connectivity index (χ1v) is 4.60. The summed E-state index contributed by atoms with van der Waals surface area (Å²) < 4.78 is 0. The van der Waals surface area contributed by atoms with Crippen LogP contribution in [0.25, 0.3) is 0 Å². The van der Waals surface area contributed by atoms with E-state index in [9.17, 15) is 0 Å². The summed E-state index contributed by atoms with van der Waals surface area (Å²) in [6.07, 6.45) is 1.09. The van der Waals surface area contributed by atoms with Crippen molar-refractivity contribution in [1.82, 2.24) is 4.90 Å². The lowest BCUT2D eigenvalue weighted by atomic mass is 10.1. The molecule has 0 radical (unpaired) electrons. The maximum Gasteiger partial charge on any atom is 0.0847 e. The molecule has 0 aromatic carbocycles. The quantitative estimate of drug-likeness (QED) is 0.582. The molecule has 2 aliphatic heterocycles. The molecule has 0 saturated heterocycles. The summed E-state index contributed by atoms with van der Waals surface area (Å²) in [4.78, 5) is 2.48. The second-order valence-electron chi connectivity index (χ2n) is 3.76. The zero-order valence-electron chi connectivity index (χ0n) is 7.75. The van der Waals surface area contributed by atoms with E-state index in [4.69, 9.17) is 0 Å². The molecule has 0 N–H and O–H groups in total. The zero-order valence-corrected chi connectivity index (χ0v) is 7.75. The van der Waals surface area contributed by atoms with Gasteiger partial charge in [0.15, 0.2) is 0 Å². The van der Waals surface area contributed by atoms with E-state index in [1.54, 1.807) is 0 Å². The van der Waals surface area contributed by atoms with E-state index < -0.39 is 0 Å². The van der Waals surface area contributed by atoms with Gasteiger partial charge in [0.1, 0.15) is 0 Å². The van der Waals surface area contributed by atoms with Crippen molar-refractivity contribution in [3.63, 3.8) is 0 Å². The van der Waals surface area contributed by atoms with Crippen molar-refractivity contribution >= 4 is 0 Å². The Balaban J connectivity index is 2.06. The predicted octanol–water partition coefficient (Wildman–Crippen LogP) is 1.82. The highest BCUT2D eigenvalue weighted by Crippen LogP contribution is 2.24. The van der Waals surface area contributed by atoms with E-state index in [1.165, 1.54) is 11.3 Å². The van der Waals surface area contributed by atoms with Crippen LogP contribution in [0.4, 0.5) is 0 Å². The molecule has 0 fully saturated rings. The summed E-state index contributed by atoms with van der Waals surface area (Å²) in [5, 5.41) is 8.18. The molecule has 66 valence electrons. The highest BCUT2D eigenvalue weighted by atomic mass is 15.2. The van der Waals surface area contributed by atoms with Crippen LogP contribution in [0.5, 0.6) is 0 Å². The Hall–Kier alpha value is -0.700. The van der Waals surface area contributed by atoms with Gasteiger partial charge in [-0.1, -0.05) is 0 Å². The number of hydrogen-bond donors (Lipinski definition) is 0. The minimum Gasteiger partial charge on any atom is -0.296 e. The van der Waals surface area contributed by atoms with Gasteiger partial charge in [0.05, 0.1) is 12.2 Å². The Morgan fingerprint density at radius 2 is 2.25 bits per heavy atom. The topological polar surface area (TPSA) is 28.0 Å². The molecule has 3 heteroatoms. The lowest BCUT2D eigenvalue weighted by Gasteiger charge is -2.30. The van der Waals surface area contributed by atoms with Gasteiger partial charge in [0.2, 0.25) is 0 Å². The normalized spacial score (nSPS) is 23.9. The van der Waals surface area contributed by atoms with Crippen molar-refractivity contribution < 1.29 is 0 Å². The second kappa shape index (κ2) is 2.98. The van der Waals surface area contributed by atoms with Gasteiger partial charge in [-0.25, -0.2) is 0 Å². The van der Waals surface area contributed by atoms with Crippen molar-refractivity contribution in [2.24, 2.45) is 10.2 Å². The molecule has 2 aliphatic rings. The van der Waals surface area contributed by atoms with E-state index in [2.05, 4.69) is 29.0 Å². The molecule has 2 heterocycles. The fourth-order valence-electron chi connectivity index (χ4n) is 1.75. The minimum absolute atomic E-state index is 0.652. The van der Waals surface area contributed by atoms with Crippen LogP contribution >= 0.6 is 0 Å². The number of rotatable bonds is 1. The van der Waals surface area contributed by atoms with Crippen LogP contribution in [0.1, 0.15) is 20.3 Å². The van der Waals surface area contributed by atoms with E-state index in [0.717, 1.165) is 26.1 Å². The third kappa shape index (κ3) is 1.29. The molecule has 3 nitrogen and oxygen atoms in total. The van der Waals surface area contributed by atoms with Gasteiger partial charge >= 0.3 is 0 Å². The average Bonchev–Trinajstić information content (AvgIpc) is 2.49. The molecule has 0 aromatic heterocycles. The van der Waals surface area contributed by atoms with Crippen LogP contribution in [0.3, 0.4) is 0 Å². The van der Waals surface area contributed by atoms with Gasteiger partial charge in [-0.05, 0) is 19.4 Å². The average molecular weight is 165 g/mol. The molecule has 0 aliphatic carbocycles. The largest absolute Gasteiger partial charge is 0.296 e. The van der Waals surface area contributed by atoms with E-state index >= 15 is 0 Å². The Morgan fingerprint density at radius 3 is 3.00 bits per heavy atom. The van der Waals surface area contributed by atoms with Crippen molar-refractivity contribution in [3.8, 4) is 0 Å². The molecule has 12 heavy (non-hydrogen) atoms. The maximum absolute atomic E-state index is 4.13. The molecule has 0 bridgehead atoms. The van der Waals surface area contributed by atoms with Crippen LogP contribution in [-0.4, -0.2) is 30.6 Å². The number of azo groups is 1. The van der Waals surface area contributed by atoms with Gasteiger partial charge in [-0.15, -0.1) is 0 Å². The molecule has 0 spiro atoms. The molecule has 0 amide bonds. The Kier molecular flexibility index (Phi) is 1.97. The molecule has 0 atom stereocenters. The summed E-state index contributed by atoms with van der Waals surface area (Å²) in [5.74, 6) is 0. The monoisotopic (exact) mass is 165 g/mol. The third-order valence-electron chi connectivity index (χ3n) is 2.62. The van der Waals surface area contributed by atoms with Crippen LogP contribution in [0, 0.1) is 0 Å². The minimum atomic E-state index is 0.652. The first-order valence-electron chi connectivity index (χ1n) is 4.60. The molecular weight excluding hydrogens is 150 g/mol. The van der Waals surface area contributed by atoms with E-state index in [0.29, 0.717) is 6.04 Å². The molecular formula is C9H15N3. The molecule has 0 aromatic rings. The summed E-state index contributed by atoms with van der Waals surface area (Å²) in [6, 6.07) is 0.652. The first-order chi connectivity index (χ1) is 5.77. The van der Waals surface area contributed by atoms with Gasteiger partial charge in [0.25, 0.3) is 0 Å². The van der Waals surface area contributed by atoms with Gasteiger partial charge in [-0.3, -0.25) is 4.90 Å². The molecule has 0 saturated carbocycles. The number of hydrogen-bond acceptors (Lipinski definition) is 3. The Labute approximate surface area is 73.2 Å². The van der Waals surface area contributed by atoms with E-state index in [-0.39, 0.29) is 0 Å². The van der Waals surface area contributed by atoms with Crippen molar-refractivity contribution in [3.05, 3.63) is 11.3 Å². The van der Waals surface area contributed by atoms with Crippen molar-refractivity contribution in [2.45, 2.75) is 26.3 Å². The van der Waals surface area contributed by atoms with E-state index in [1.807, 2.05) is 0 Å².